The zero-order valence-corrected chi connectivity index (χ0v) is 13.7. The Balaban J connectivity index is 2.50. The minimum atomic E-state index is -2.55. The van der Waals surface area contributed by atoms with Gasteiger partial charge in [-0.05, 0) is 0 Å². The van der Waals surface area contributed by atoms with Crippen LogP contribution in [0.4, 0.5) is 43.9 Å². The molecule has 0 spiro atoms. The van der Waals surface area contributed by atoms with Crippen LogP contribution in [0.1, 0.15) is 0 Å². The number of hydrogen-bond acceptors (Lipinski definition) is 0. The van der Waals surface area contributed by atoms with Crippen LogP contribution in [-0.4, -0.2) is 6.71 Å². The van der Waals surface area contributed by atoms with Crippen LogP contribution < -0.4 is 16.4 Å². The van der Waals surface area contributed by atoms with Crippen molar-refractivity contribution in [3.8, 4) is 0 Å². The molecular formula is C18H5BF10. The van der Waals surface area contributed by atoms with Gasteiger partial charge >= 0.3 is 0 Å². The lowest BCUT2D eigenvalue weighted by Crippen LogP contribution is -2.58. The van der Waals surface area contributed by atoms with Crippen LogP contribution in [0.3, 0.4) is 0 Å². The van der Waals surface area contributed by atoms with Crippen LogP contribution in [-0.2, 0) is 0 Å². The van der Waals surface area contributed by atoms with E-state index in [1.165, 1.54) is 18.2 Å². The smallest absolute Gasteiger partial charge is 0.204 e. The molecule has 3 rings (SSSR count). The van der Waals surface area contributed by atoms with Gasteiger partial charge in [0.05, 0.1) is 0 Å². The van der Waals surface area contributed by atoms with Crippen molar-refractivity contribution in [2.75, 3.05) is 0 Å². The van der Waals surface area contributed by atoms with E-state index in [2.05, 4.69) is 0 Å². The molecule has 0 N–H and O–H groups in total. The molecule has 29 heavy (non-hydrogen) atoms. The van der Waals surface area contributed by atoms with Crippen LogP contribution in [0, 0.1) is 58.2 Å². The summed E-state index contributed by atoms with van der Waals surface area (Å²) in [6.45, 7) is -2.54. The molecule has 3 aromatic carbocycles. The van der Waals surface area contributed by atoms with Crippen LogP contribution in [0.5, 0.6) is 0 Å². The predicted molar refractivity (Wildman–Crippen MR) is 83.6 cm³/mol. The van der Waals surface area contributed by atoms with E-state index in [1.54, 1.807) is 0 Å². The first-order valence-corrected chi connectivity index (χ1v) is 7.67. The van der Waals surface area contributed by atoms with Gasteiger partial charge in [-0.1, -0.05) is 35.8 Å². The molecule has 3 aromatic rings. The van der Waals surface area contributed by atoms with Gasteiger partial charge in [0.25, 0.3) is 6.71 Å². The van der Waals surface area contributed by atoms with Crippen molar-refractivity contribution in [3.05, 3.63) is 88.5 Å². The quantitative estimate of drug-likeness (QED) is 0.262. The molecule has 0 amide bonds. The Morgan fingerprint density at radius 2 is 0.655 bits per heavy atom. The van der Waals surface area contributed by atoms with E-state index in [0.717, 1.165) is 12.1 Å². The Kier molecular flexibility index (Phi) is 5.33. The zero-order chi connectivity index (χ0) is 21.6. The van der Waals surface area contributed by atoms with Gasteiger partial charge in [-0.15, -0.1) is 0 Å². The highest BCUT2D eigenvalue weighted by molar-refractivity contribution is 6.95. The van der Waals surface area contributed by atoms with Gasteiger partial charge < -0.3 is 0 Å². The Hall–Kier alpha value is -2.98. The first-order chi connectivity index (χ1) is 13.6. The van der Waals surface area contributed by atoms with Crippen LogP contribution in [0.25, 0.3) is 0 Å². The third kappa shape index (κ3) is 3.14. The highest BCUT2D eigenvalue weighted by Crippen LogP contribution is 2.20. The highest BCUT2D eigenvalue weighted by atomic mass is 19.2. The van der Waals surface area contributed by atoms with E-state index in [9.17, 15) is 43.9 Å². The van der Waals surface area contributed by atoms with E-state index in [-0.39, 0.29) is 0 Å². The van der Waals surface area contributed by atoms with Crippen molar-refractivity contribution in [2.24, 2.45) is 0 Å². The monoisotopic (exact) mass is 422 g/mol. The molecule has 0 aromatic heterocycles. The second kappa shape index (κ2) is 7.45. The maximum Gasteiger partial charge on any atom is 0.257 e. The second-order valence-corrected chi connectivity index (χ2v) is 5.81. The van der Waals surface area contributed by atoms with Gasteiger partial charge in [-0.25, -0.2) is 43.9 Å². The highest BCUT2D eigenvalue weighted by Gasteiger charge is 2.40. The Bertz CT molecular complexity index is 986. The summed E-state index contributed by atoms with van der Waals surface area (Å²) in [4.78, 5) is 0. The zero-order valence-electron chi connectivity index (χ0n) is 13.7. The van der Waals surface area contributed by atoms with Crippen molar-refractivity contribution in [3.63, 3.8) is 0 Å². The summed E-state index contributed by atoms with van der Waals surface area (Å²) in [5.41, 5.74) is -4.02. The summed E-state index contributed by atoms with van der Waals surface area (Å²) in [7, 11) is 0. The van der Waals surface area contributed by atoms with Gasteiger partial charge in [0.2, 0.25) is 0 Å². The summed E-state index contributed by atoms with van der Waals surface area (Å²) < 4.78 is 139. The largest absolute Gasteiger partial charge is 0.257 e. The van der Waals surface area contributed by atoms with E-state index in [0.29, 0.717) is 0 Å². The molecule has 0 aliphatic heterocycles. The molecular weight excluding hydrogens is 417 g/mol. The molecule has 0 radical (unpaired) electrons. The fourth-order valence-corrected chi connectivity index (χ4v) is 2.87. The molecule has 0 heterocycles. The normalized spacial score (nSPS) is 11.1. The third-order valence-corrected chi connectivity index (χ3v) is 4.20. The predicted octanol–water partition coefficient (Wildman–Crippen LogP) is 3.59. The third-order valence-electron chi connectivity index (χ3n) is 4.20. The first-order valence-electron chi connectivity index (χ1n) is 7.67. The average Bonchev–Trinajstić information content (AvgIpc) is 2.73. The van der Waals surface area contributed by atoms with Gasteiger partial charge in [-0.3, -0.25) is 0 Å². The second-order valence-electron chi connectivity index (χ2n) is 5.81. The van der Waals surface area contributed by atoms with Crippen molar-refractivity contribution in [1.82, 2.24) is 0 Å². The van der Waals surface area contributed by atoms with E-state index in [4.69, 9.17) is 0 Å². The summed E-state index contributed by atoms with van der Waals surface area (Å²) >= 11 is 0. The lowest BCUT2D eigenvalue weighted by Gasteiger charge is -2.19. The van der Waals surface area contributed by atoms with Gasteiger partial charge in [0.15, 0.2) is 58.2 Å². The fourth-order valence-electron chi connectivity index (χ4n) is 2.87. The number of benzene rings is 3. The lowest BCUT2D eigenvalue weighted by atomic mass is 9.36. The molecule has 0 fully saturated rings. The van der Waals surface area contributed by atoms with Crippen molar-refractivity contribution < 1.29 is 43.9 Å². The molecule has 0 aliphatic rings. The van der Waals surface area contributed by atoms with Gasteiger partial charge in [0, 0.05) is 10.9 Å². The summed E-state index contributed by atoms with van der Waals surface area (Å²) in [5, 5.41) is 0. The fraction of sp³-hybridized carbons (Fsp3) is 0. The molecule has 150 valence electrons. The van der Waals surface area contributed by atoms with Crippen molar-refractivity contribution in [1.29, 1.82) is 0 Å². The summed E-state index contributed by atoms with van der Waals surface area (Å²) in [6, 6.07) is 5.58. The molecule has 0 saturated heterocycles. The SMILES string of the molecule is Fc1c(F)c(F)c(B(c2ccccc2)c2c(F)c(F)c(F)c(F)c2F)c(F)c1F. The molecule has 0 nitrogen and oxygen atoms in total. The summed E-state index contributed by atoms with van der Waals surface area (Å²) in [5.74, 6) is -24.8. The maximum atomic E-state index is 14.3. The number of rotatable bonds is 3. The maximum absolute atomic E-state index is 14.3. The van der Waals surface area contributed by atoms with Crippen LogP contribution >= 0.6 is 0 Å². The van der Waals surface area contributed by atoms with E-state index < -0.39 is 81.3 Å². The molecule has 0 saturated carbocycles. The minimum absolute atomic E-state index is 0.487. The standard InChI is InChI=1S/C18H5BF10/c20-9-7(10(21)14(25)17(28)13(9)24)19(6-4-2-1-3-5-6)8-11(22)15(26)18(29)16(27)12(8)23/h1-5H. The summed E-state index contributed by atoms with van der Waals surface area (Å²) in [6.07, 6.45) is 0. The lowest BCUT2D eigenvalue weighted by molar-refractivity contribution is 0.382. The average molecular weight is 422 g/mol. The van der Waals surface area contributed by atoms with E-state index in [1.807, 2.05) is 0 Å². The molecule has 0 aliphatic carbocycles. The Labute approximate surface area is 156 Å². The molecule has 0 bridgehead atoms. The Morgan fingerprint density at radius 3 is 0.966 bits per heavy atom. The molecule has 0 atom stereocenters. The number of hydrogen-bond donors (Lipinski definition) is 0. The van der Waals surface area contributed by atoms with Gasteiger partial charge in [0.1, 0.15) is 0 Å². The van der Waals surface area contributed by atoms with Crippen molar-refractivity contribution in [2.45, 2.75) is 0 Å². The first kappa shape index (κ1) is 20.8. The van der Waals surface area contributed by atoms with Crippen LogP contribution in [0.15, 0.2) is 30.3 Å². The topological polar surface area (TPSA) is 0 Å². The molecule has 0 unspecified atom stereocenters. The molecule has 11 heteroatoms. The number of halogens is 10. The van der Waals surface area contributed by atoms with Crippen LogP contribution in [0.2, 0.25) is 0 Å². The van der Waals surface area contributed by atoms with Crippen molar-refractivity contribution >= 4 is 23.1 Å². The Morgan fingerprint density at radius 1 is 0.379 bits per heavy atom. The minimum Gasteiger partial charge on any atom is -0.204 e. The van der Waals surface area contributed by atoms with Gasteiger partial charge in [-0.2, -0.15) is 0 Å². The van der Waals surface area contributed by atoms with E-state index >= 15 is 0 Å².